The van der Waals surface area contributed by atoms with Crippen molar-refractivity contribution in [3.63, 3.8) is 0 Å². The van der Waals surface area contributed by atoms with Gasteiger partial charge < -0.3 is 10.2 Å². The van der Waals surface area contributed by atoms with Gasteiger partial charge in [-0.2, -0.15) is 0 Å². The predicted molar refractivity (Wildman–Crippen MR) is 61.5 cm³/mol. The third-order valence-corrected chi connectivity index (χ3v) is 5.02. The van der Waals surface area contributed by atoms with Crippen molar-refractivity contribution in [3.05, 3.63) is 12.2 Å². The molecule has 94 valence electrons. The van der Waals surface area contributed by atoms with Crippen molar-refractivity contribution in [1.82, 2.24) is 0 Å². The monoisotopic (exact) mass is 238 g/mol. The molecule has 1 fully saturated rings. The highest BCUT2D eigenvalue weighted by Crippen LogP contribution is 2.66. The number of hydrogen-bond donors (Lipinski definition) is 2. The summed E-state index contributed by atoms with van der Waals surface area (Å²) in [5, 5.41) is 19.2. The molecule has 1 saturated carbocycles. The fourth-order valence-electron chi connectivity index (χ4n) is 4.25. The normalized spacial score (nSPS) is 42.9. The number of aliphatic carboxylic acids is 2. The lowest BCUT2D eigenvalue weighted by Crippen LogP contribution is -2.54. The van der Waals surface area contributed by atoms with Gasteiger partial charge in [-0.3, -0.25) is 9.59 Å². The molecular formula is C13H18O4. The smallest absolute Gasteiger partial charge is 0.311 e. The van der Waals surface area contributed by atoms with Crippen LogP contribution in [-0.2, 0) is 9.59 Å². The average Bonchev–Trinajstić information content (AvgIpc) is 2.84. The summed E-state index contributed by atoms with van der Waals surface area (Å²) in [5.74, 6) is -2.18. The van der Waals surface area contributed by atoms with Crippen LogP contribution in [0.5, 0.6) is 0 Å². The Labute approximate surface area is 100 Å². The van der Waals surface area contributed by atoms with Gasteiger partial charge >= 0.3 is 11.9 Å². The average molecular weight is 238 g/mol. The number of carbonyl (C=O) groups is 2. The van der Waals surface area contributed by atoms with E-state index < -0.39 is 22.8 Å². The van der Waals surface area contributed by atoms with E-state index in [4.69, 9.17) is 0 Å². The van der Waals surface area contributed by atoms with Crippen LogP contribution in [0.3, 0.4) is 0 Å². The predicted octanol–water partition coefficient (Wildman–Crippen LogP) is 2.15. The summed E-state index contributed by atoms with van der Waals surface area (Å²) in [6.07, 6.45) is 5.21. The summed E-state index contributed by atoms with van der Waals surface area (Å²) in [5.41, 5.74) is -2.26. The molecule has 2 bridgehead atoms. The Balaban J connectivity index is 2.66. The standard InChI is InChI=1S/C13H18O4/c1-3-12(10(14)15)8-5-6-9(7-8)13(12,4-2)11(16)17/h5-6,8-9H,3-4,7H2,1-2H3,(H,14,15)(H,16,17)/t8-,9-,12?,13?/m1/s1. The third-order valence-electron chi connectivity index (χ3n) is 5.02. The molecule has 0 aliphatic heterocycles. The van der Waals surface area contributed by atoms with Crippen LogP contribution in [-0.4, -0.2) is 22.2 Å². The summed E-state index contributed by atoms with van der Waals surface area (Å²) in [7, 11) is 0. The summed E-state index contributed by atoms with van der Waals surface area (Å²) in [4.78, 5) is 23.5. The second-order valence-electron chi connectivity index (χ2n) is 5.09. The maximum absolute atomic E-state index is 11.7. The van der Waals surface area contributed by atoms with E-state index in [-0.39, 0.29) is 11.8 Å². The molecule has 0 aromatic rings. The molecule has 2 aliphatic carbocycles. The van der Waals surface area contributed by atoms with E-state index in [2.05, 4.69) is 0 Å². The maximum Gasteiger partial charge on any atom is 0.311 e. The lowest BCUT2D eigenvalue weighted by Gasteiger charge is -2.45. The Kier molecular flexibility index (Phi) is 2.56. The third kappa shape index (κ3) is 1.08. The van der Waals surface area contributed by atoms with E-state index in [9.17, 15) is 19.8 Å². The van der Waals surface area contributed by atoms with E-state index in [1.165, 1.54) is 0 Å². The topological polar surface area (TPSA) is 74.6 Å². The van der Waals surface area contributed by atoms with Crippen molar-refractivity contribution in [2.75, 3.05) is 0 Å². The summed E-state index contributed by atoms with van der Waals surface area (Å²) < 4.78 is 0. The number of hydrogen-bond acceptors (Lipinski definition) is 2. The minimum absolute atomic E-state index is 0.133. The van der Waals surface area contributed by atoms with Gasteiger partial charge in [0.15, 0.2) is 0 Å². The lowest BCUT2D eigenvalue weighted by molar-refractivity contribution is -0.177. The molecular weight excluding hydrogens is 220 g/mol. The van der Waals surface area contributed by atoms with Crippen LogP contribution in [0.25, 0.3) is 0 Å². The Morgan fingerprint density at radius 1 is 1.06 bits per heavy atom. The quantitative estimate of drug-likeness (QED) is 0.736. The van der Waals surface area contributed by atoms with Gasteiger partial charge in [-0.05, 0) is 31.1 Å². The molecule has 0 saturated heterocycles. The van der Waals surface area contributed by atoms with Crippen LogP contribution >= 0.6 is 0 Å². The second-order valence-corrected chi connectivity index (χ2v) is 5.09. The zero-order valence-corrected chi connectivity index (χ0v) is 10.1. The Hall–Kier alpha value is -1.32. The molecule has 4 nitrogen and oxygen atoms in total. The molecule has 2 unspecified atom stereocenters. The van der Waals surface area contributed by atoms with Crippen molar-refractivity contribution in [1.29, 1.82) is 0 Å². The summed E-state index contributed by atoms with van der Waals surface area (Å²) in [6, 6.07) is 0. The first-order chi connectivity index (χ1) is 7.97. The van der Waals surface area contributed by atoms with E-state index in [0.717, 1.165) is 0 Å². The number of fused-ring (bicyclic) bond motifs is 2. The van der Waals surface area contributed by atoms with Gasteiger partial charge in [-0.1, -0.05) is 26.0 Å². The van der Waals surface area contributed by atoms with Crippen molar-refractivity contribution in [2.45, 2.75) is 33.1 Å². The number of rotatable bonds is 4. The first-order valence-corrected chi connectivity index (χ1v) is 6.12. The van der Waals surface area contributed by atoms with Crippen molar-refractivity contribution in [2.24, 2.45) is 22.7 Å². The maximum atomic E-state index is 11.7. The van der Waals surface area contributed by atoms with Crippen molar-refractivity contribution < 1.29 is 19.8 Å². The minimum atomic E-state index is -1.13. The van der Waals surface area contributed by atoms with E-state index in [0.29, 0.717) is 19.3 Å². The van der Waals surface area contributed by atoms with Crippen LogP contribution in [0.2, 0.25) is 0 Å². The van der Waals surface area contributed by atoms with Gasteiger partial charge in [0.25, 0.3) is 0 Å². The summed E-state index contributed by atoms with van der Waals surface area (Å²) >= 11 is 0. The van der Waals surface area contributed by atoms with E-state index in [1.807, 2.05) is 12.2 Å². The summed E-state index contributed by atoms with van der Waals surface area (Å²) in [6.45, 7) is 3.58. The number of carboxylic acid groups (broad SMARTS) is 2. The first-order valence-electron chi connectivity index (χ1n) is 6.12. The van der Waals surface area contributed by atoms with Gasteiger partial charge in [0, 0.05) is 0 Å². The molecule has 2 rings (SSSR count). The molecule has 2 aliphatic rings. The molecule has 0 amide bonds. The van der Waals surface area contributed by atoms with Gasteiger partial charge in [0.1, 0.15) is 0 Å². The van der Waals surface area contributed by atoms with Crippen molar-refractivity contribution in [3.8, 4) is 0 Å². The van der Waals surface area contributed by atoms with Crippen LogP contribution in [0.15, 0.2) is 12.2 Å². The molecule has 0 spiro atoms. The van der Waals surface area contributed by atoms with Crippen LogP contribution in [0, 0.1) is 22.7 Å². The van der Waals surface area contributed by atoms with E-state index >= 15 is 0 Å². The van der Waals surface area contributed by atoms with Gasteiger partial charge in [0.05, 0.1) is 10.8 Å². The lowest BCUT2D eigenvalue weighted by atomic mass is 9.55. The second kappa shape index (κ2) is 3.59. The zero-order chi connectivity index (χ0) is 12.8. The highest BCUT2D eigenvalue weighted by atomic mass is 16.4. The fraction of sp³-hybridized carbons (Fsp3) is 0.692. The van der Waals surface area contributed by atoms with Crippen molar-refractivity contribution >= 4 is 11.9 Å². The number of carboxylic acids is 2. The Morgan fingerprint density at radius 2 is 1.41 bits per heavy atom. The highest BCUT2D eigenvalue weighted by molar-refractivity contribution is 5.89. The molecule has 0 aromatic carbocycles. The molecule has 4 atom stereocenters. The fourth-order valence-corrected chi connectivity index (χ4v) is 4.25. The van der Waals surface area contributed by atoms with Gasteiger partial charge in [-0.15, -0.1) is 0 Å². The highest BCUT2D eigenvalue weighted by Gasteiger charge is 2.71. The van der Waals surface area contributed by atoms with Crippen LogP contribution < -0.4 is 0 Å². The Morgan fingerprint density at radius 3 is 1.65 bits per heavy atom. The largest absolute Gasteiger partial charge is 0.481 e. The zero-order valence-electron chi connectivity index (χ0n) is 10.1. The molecule has 0 radical (unpaired) electrons. The minimum Gasteiger partial charge on any atom is -0.481 e. The molecule has 2 N–H and O–H groups in total. The molecule has 4 heteroatoms. The van der Waals surface area contributed by atoms with Crippen LogP contribution in [0.1, 0.15) is 33.1 Å². The Bertz CT molecular complexity index is 364. The van der Waals surface area contributed by atoms with E-state index in [1.54, 1.807) is 13.8 Å². The van der Waals surface area contributed by atoms with Gasteiger partial charge in [0.2, 0.25) is 0 Å². The molecule has 0 aromatic heterocycles. The molecule has 17 heavy (non-hydrogen) atoms. The molecule has 0 heterocycles. The van der Waals surface area contributed by atoms with Crippen LogP contribution in [0.4, 0.5) is 0 Å². The van der Waals surface area contributed by atoms with Gasteiger partial charge in [-0.25, -0.2) is 0 Å². The first kappa shape index (κ1) is 12.1. The SMILES string of the molecule is CCC1(C(=O)O)[C@@H]2C=C[C@H](C2)C1(CC)C(=O)O. The number of allylic oxidation sites excluding steroid dienone is 2.